The molecule has 58 valence electrons. The fraction of sp³-hybridized carbons (Fsp3) is 0.100. The summed E-state index contributed by atoms with van der Waals surface area (Å²) in [7, 11) is 0. The van der Waals surface area contributed by atoms with Crippen molar-refractivity contribution in [2.75, 3.05) is 0 Å². The predicted octanol–water partition coefficient (Wildman–Crippen LogP) is 1.78. The van der Waals surface area contributed by atoms with Crippen molar-refractivity contribution < 1.29 is 0 Å². The van der Waals surface area contributed by atoms with Gasteiger partial charge in [0.2, 0.25) is 0 Å². The first-order valence-corrected chi connectivity index (χ1v) is 3.71. The molecule has 0 N–H and O–H groups in total. The molecule has 0 saturated carbocycles. The molecular weight excluding hydrogens is 148 g/mol. The van der Waals surface area contributed by atoms with Gasteiger partial charge in [-0.3, -0.25) is 4.57 Å². The molecule has 0 amide bonds. The van der Waals surface area contributed by atoms with Crippen LogP contribution in [-0.2, 0) is 0 Å². The van der Waals surface area contributed by atoms with Crippen molar-refractivity contribution in [1.29, 1.82) is 0 Å². The van der Waals surface area contributed by atoms with Crippen LogP contribution in [0.4, 0.5) is 0 Å². The van der Waals surface area contributed by atoms with Crippen LogP contribution in [0.2, 0.25) is 0 Å². The zero-order valence-electron chi connectivity index (χ0n) is 6.78. The zero-order chi connectivity index (χ0) is 8.55. The first-order chi connectivity index (χ1) is 5.81. The lowest BCUT2D eigenvalue weighted by Gasteiger charge is -1.93. The molecular formula is C10H8N2. The van der Waals surface area contributed by atoms with Crippen LogP contribution in [0.5, 0.6) is 0 Å². The van der Waals surface area contributed by atoms with Gasteiger partial charge in [0, 0.05) is 6.04 Å². The summed E-state index contributed by atoms with van der Waals surface area (Å²) in [5.74, 6) is 0. The van der Waals surface area contributed by atoms with Crippen LogP contribution in [0, 0.1) is 19.4 Å². The van der Waals surface area contributed by atoms with Gasteiger partial charge in [-0.1, -0.05) is 12.5 Å². The monoisotopic (exact) mass is 156 g/mol. The molecule has 0 aliphatic heterocycles. The minimum Gasteiger partial charge on any atom is -0.257 e. The first-order valence-electron chi connectivity index (χ1n) is 3.71. The number of benzene rings is 1. The Balaban J connectivity index is 2.84. The highest BCUT2D eigenvalue weighted by Gasteiger charge is 1.98. The highest BCUT2D eigenvalue weighted by atomic mass is 15.0. The van der Waals surface area contributed by atoms with Crippen LogP contribution in [0.15, 0.2) is 24.5 Å². The Morgan fingerprint density at radius 1 is 1.50 bits per heavy atom. The molecule has 0 saturated heterocycles. The van der Waals surface area contributed by atoms with Crippen molar-refractivity contribution in [1.82, 2.24) is 9.55 Å². The summed E-state index contributed by atoms with van der Waals surface area (Å²) in [6.45, 7) is 2.04. The number of hydrogen-bond donors (Lipinski definition) is 0. The highest BCUT2D eigenvalue weighted by Crippen LogP contribution is 2.12. The Labute approximate surface area is 70.8 Å². The quantitative estimate of drug-likeness (QED) is 0.532. The summed E-state index contributed by atoms with van der Waals surface area (Å²) in [5, 5.41) is 0. The van der Waals surface area contributed by atoms with E-state index in [4.69, 9.17) is 6.42 Å². The van der Waals surface area contributed by atoms with Gasteiger partial charge in [0.1, 0.15) is 6.33 Å². The lowest BCUT2D eigenvalue weighted by atomic mass is 10.2. The summed E-state index contributed by atoms with van der Waals surface area (Å²) in [6.07, 6.45) is 6.93. The minimum atomic E-state index is 0.952. The number of aromatic nitrogens is 2. The van der Waals surface area contributed by atoms with Crippen molar-refractivity contribution in [3.8, 4) is 12.5 Å². The van der Waals surface area contributed by atoms with E-state index in [-0.39, 0.29) is 0 Å². The van der Waals surface area contributed by atoms with Gasteiger partial charge >= 0.3 is 0 Å². The van der Waals surface area contributed by atoms with Crippen LogP contribution in [-0.4, -0.2) is 9.55 Å². The summed E-state index contributed by atoms with van der Waals surface area (Å²) >= 11 is 0. The normalized spacial score (nSPS) is 10.0. The SMILES string of the molecule is C#Cn1cnc2cc(C)ccc21. The summed E-state index contributed by atoms with van der Waals surface area (Å²) in [6, 6.07) is 8.55. The molecule has 0 radical (unpaired) electrons. The van der Waals surface area contributed by atoms with Gasteiger partial charge in [0.25, 0.3) is 0 Å². The van der Waals surface area contributed by atoms with E-state index in [0.29, 0.717) is 0 Å². The van der Waals surface area contributed by atoms with Crippen LogP contribution in [0.1, 0.15) is 5.56 Å². The summed E-state index contributed by atoms with van der Waals surface area (Å²) in [4.78, 5) is 4.17. The molecule has 12 heavy (non-hydrogen) atoms. The molecule has 2 nitrogen and oxygen atoms in total. The number of imidazole rings is 1. The van der Waals surface area contributed by atoms with Crippen molar-refractivity contribution in [2.45, 2.75) is 6.92 Å². The van der Waals surface area contributed by atoms with Crippen LogP contribution < -0.4 is 0 Å². The average molecular weight is 156 g/mol. The predicted molar refractivity (Wildman–Crippen MR) is 48.7 cm³/mol. The largest absolute Gasteiger partial charge is 0.257 e. The molecule has 2 aromatic rings. The standard InChI is InChI=1S/C10H8N2/c1-3-12-7-11-9-6-8(2)4-5-10(9)12/h1,4-7H,2H3. The summed E-state index contributed by atoms with van der Waals surface area (Å²) < 4.78 is 1.68. The van der Waals surface area contributed by atoms with Crippen molar-refractivity contribution in [2.24, 2.45) is 0 Å². The van der Waals surface area contributed by atoms with Gasteiger partial charge in [0.05, 0.1) is 11.0 Å². The van der Waals surface area contributed by atoms with Gasteiger partial charge in [-0.15, -0.1) is 0 Å². The van der Waals surface area contributed by atoms with E-state index in [1.807, 2.05) is 25.1 Å². The van der Waals surface area contributed by atoms with E-state index in [0.717, 1.165) is 11.0 Å². The molecule has 0 spiro atoms. The van der Waals surface area contributed by atoms with E-state index in [2.05, 4.69) is 11.0 Å². The Hall–Kier alpha value is -1.75. The average Bonchev–Trinajstić information content (AvgIpc) is 2.46. The fourth-order valence-corrected chi connectivity index (χ4v) is 1.23. The Morgan fingerprint density at radius 3 is 3.08 bits per heavy atom. The lowest BCUT2D eigenvalue weighted by molar-refractivity contribution is 1.15. The maximum absolute atomic E-state index is 5.27. The second kappa shape index (κ2) is 2.38. The van der Waals surface area contributed by atoms with E-state index >= 15 is 0 Å². The second-order valence-electron chi connectivity index (χ2n) is 2.74. The smallest absolute Gasteiger partial charge is 0.108 e. The van der Waals surface area contributed by atoms with Crippen LogP contribution in [0.25, 0.3) is 11.0 Å². The van der Waals surface area contributed by atoms with Crippen LogP contribution in [0.3, 0.4) is 0 Å². The molecule has 2 heteroatoms. The van der Waals surface area contributed by atoms with Gasteiger partial charge in [0.15, 0.2) is 0 Å². The number of aryl methyl sites for hydroxylation is 1. The van der Waals surface area contributed by atoms with E-state index in [1.54, 1.807) is 10.9 Å². The number of rotatable bonds is 0. The van der Waals surface area contributed by atoms with E-state index in [1.165, 1.54) is 5.56 Å². The maximum Gasteiger partial charge on any atom is 0.108 e. The molecule has 0 fully saturated rings. The first kappa shape index (κ1) is 6.93. The fourth-order valence-electron chi connectivity index (χ4n) is 1.23. The number of nitrogens with zero attached hydrogens (tertiary/aromatic N) is 2. The number of hydrogen-bond acceptors (Lipinski definition) is 1. The third-order valence-electron chi connectivity index (χ3n) is 1.84. The number of terminal acetylenes is 1. The van der Waals surface area contributed by atoms with Crippen molar-refractivity contribution in [3.05, 3.63) is 30.1 Å². The van der Waals surface area contributed by atoms with Gasteiger partial charge in [-0.05, 0) is 24.6 Å². The Bertz CT molecular complexity index is 460. The third-order valence-corrected chi connectivity index (χ3v) is 1.84. The van der Waals surface area contributed by atoms with Crippen molar-refractivity contribution >= 4 is 11.0 Å². The molecule has 0 aliphatic carbocycles. The van der Waals surface area contributed by atoms with Gasteiger partial charge in [-0.25, -0.2) is 4.98 Å². The molecule has 2 rings (SSSR count). The topological polar surface area (TPSA) is 17.8 Å². The number of fused-ring (bicyclic) bond motifs is 1. The van der Waals surface area contributed by atoms with Gasteiger partial charge < -0.3 is 0 Å². The molecule has 1 aromatic heterocycles. The van der Waals surface area contributed by atoms with E-state index < -0.39 is 0 Å². The highest BCUT2D eigenvalue weighted by molar-refractivity contribution is 5.76. The molecule has 0 aliphatic rings. The second-order valence-corrected chi connectivity index (χ2v) is 2.74. The lowest BCUT2D eigenvalue weighted by Crippen LogP contribution is -1.83. The summed E-state index contributed by atoms with van der Waals surface area (Å²) in [5.41, 5.74) is 3.14. The molecule has 1 heterocycles. The zero-order valence-corrected chi connectivity index (χ0v) is 6.78. The van der Waals surface area contributed by atoms with E-state index in [9.17, 15) is 0 Å². The maximum atomic E-state index is 5.27. The van der Waals surface area contributed by atoms with Gasteiger partial charge in [-0.2, -0.15) is 0 Å². The van der Waals surface area contributed by atoms with Crippen molar-refractivity contribution in [3.63, 3.8) is 0 Å². The Kier molecular flexibility index (Phi) is 1.38. The molecule has 0 bridgehead atoms. The third kappa shape index (κ3) is 0.876. The molecule has 0 unspecified atom stereocenters. The Morgan fingerprint density at radius 2 is 2.33 bits per heavy atom. The minimum absolute atomic E-state index is 0.952. The molecule has 1 aromatic carbocycles. The molecule has 0 atom stereocenters. The van der Waals surface area contributed by atoms with Crippen LogP contribution >= 0.6 is 0 Å².